The summed E-state index contributed by atoms with van der Waals surface area (Å²) in [5.41, 5.74) is 3.87. The molecule has 1 aliphatic heterocycles. The third-order valence-corrected chi connectivity index (χ3v) is 5.76. The fourth-order valence-corrected chi connectivity index (χ4v) is 4.13. The topological polar surface area (TPSA) is 46.8 Å². The van der Waals surface area contributed by atoms with Crippen LogP contribution >= 0.6 is 11.8 Å². The standard InChI is InChI=1S/C23H21N3O2S/c1-16-9-10-19(26(16)18-11-13-20(28-3)14-12-18)15-21-22(27)25(2)23(29-21)24-17-7-5-4-6-8-17/h4-15H,1-3H3/b21-15-,24-23?. The van der Waals surface area contributed by atoms with Gasteiger partial charge in [-0.25, -0.2) is 4.99 Å². The molecule has 0 atom stereocenters. The highest BCUT2D eigenvalue weighted by molar-refractivity contribution is 8.18. The van der Waals surface area contributed by atoms with Crippen molar-refractivity contribution in [2.75, 3.05) is 14.2 Å². The van der Waals surface area contributed by atoms with Crippen LogP contribution in [-0.4, -0.2) is 34.7 Å². The van der Waals surface area contributed by atoms with Crippen molar-refractivity contribution in [1.29, 1.82) is 0 Å². The van der Waals surface area contributed by atoms with E-state index < -0.39 is 0 Å². The number of rotatable bonds is 4. The van der Waals surface area contributed by atoms with Crippen molar-refractivity contribution in [1.82, 2.24) is 9.47 Å². The molecule has 2 heterocycles. The summed E-state index contributed by atoms with van der Waals surface area (Å²) in [4.78, 5) is 19.6. The van der Waals surface area contributed by atoms with E-state index in [1.54, 1.807) is 19.1 Å². The molecular formula is C23H21N3O2S. The van der Waals surface area contributed by atoms with E-state index in [9.17, 15) is 4.79 Å². The van der Waals surface area contributed by atoms with E-state index in [1.807, 2.05) is 79.7 Å². The Bertz CT molecular complexity index is 1100. The molecule has 0 unspecified atom stereocenters. The number of methoxy groups -OCH3 is 1. The molecule has 0 saturated carbocycles. The molecule has 29 heavy (non-hydrogen) atoms. The summed E-state index contributed by atoms with van der Waals surface area (Å²) in [6.45, 7) is 2.05. The predicted molar refractivity (Wildman–Crippen MR) is 119 cm³/mol. The molecule has 0 N–H and O–H groups in total. The van der Waals surface area contributed by atoms with Crippen LogP contribution in [0.1, 0.15) is 11.4 Å². The molecule has 0 aliphatic carbocycles. The number of likely N-dealkylation sites (N-methyl/N-ethyl adjacent to an activating group) is 1. The number of carbonyl (C=O) groups excluding carboxylic acids is 1. The monoisotopic (exact) mass is 403 g/mol. The van der Waals surface area contributed by atoms with E-state index in [1.165, 1.54) is 11.8 Å². The van der Waals surface area contributed by atoms with Crippen molar-refractivity contribution in [3.63, 3.8) is 0 Å². The second-order valence-corrected chi connectivity index (χ2v) is 7.65. The van der Waals surface area contributed by atoms with Crippen LogP contribution in [0, 0.1) is 6.92 Å². The molecule has 0 spiro atoms. The number of hydrogen-bond donors (Lipinski definition) is 0. The van der Waals surface area contributed by atoms with Crippen LogP contribution in [0.3, 0.4) is 0 Å². The van der Waals surface area contributed by atoms with E-state index in [0.717, 1.165) is 28.5 Å². The van der Waals surface area contributed by atoms with Crippen LogP contribution in [0.2, 0.25) is 0 Å². The van der Waals surface area contributed by atoms with Crippen LogP contribution in [0.25, 0.3) is 11.8 Å². The van der Waals surface area contributed by atoms with Crippen molar-refractivity contribution in [3.05, 3.63) is 83.0 Å². The Kier molecular flexibility index (Phi) is 5.27. The molecule has 146 valence electrons. The molecule has 1 saturated heterocycles. The van der Waals surface area contributed by atoms with E-state index in [0.29, 0.717) is 10.1 Å². The van der Waals surface area contributed by atoms with E-state index in [4.69, 9.17) is 4.74 Å². The van der Waals surface area contributed by atoms with Gasteiger partial charge in [-0.3, -0.25) is 9.69 Å². The minimum absolute atomic E-state index is 0.0511. The lowest BCUT2D eigenvalue weighted by atomic mass is 10.2. The number of benzene rings is 2. The average molecular weight is 404 g/mol. The third kappa shape index (κ3) is 3.84. The molecule has 5 nitrogen and oxygen atoms in total. The van der Waals surface area contributed by atoms with Gasteiger partial charge in [0.25, 0.3) is 5.91 Å². The number of nitrogens with zero attached hydrogens (tertiary/aromatic N) is 3. The van der Waals surface area contributed by atoms with Crippen LogP contribution in [0.15, 0.2) is 76.6 Å². The SMILES string of the molecule is COc1ccc(-n2c(C)ccc2/C=C2\SC(=Nc3ccccc3)N(C)C2=O)cc1. The first kappa shape index (κ1) is 19.1. The number of carbonyl (C=O) groups is 1. The summed E-state index contributed by atoms with van der Waals surface area (Å²) in [5.74, 6) is 0.758. The van der Waals surface area contributed by atoms with Gasteiger partial charge in [-0.05, 0) is 73.3 Å². The second-order valence-electron chi connectivity index (χ2n) is 6.64. The van der Waals surface area contributed by atoms with Crippen molar-refractivity contribution in [2.45, 2.75) is 6.92 Å². The van der Waals surface area contributed by atoms with Gasteiger partial charge in [-0.1, -0.05) is 18.2 Å². The smallest absolute Gasteiger partial charge is 0.266 e. The van der Waals surface area contributed by atoms with Gasteiger partial charge in [-0.2, -0.15) is 0 Å². The Morgan fingerprint density at radius 2 is 1.72 bits per heavy atom. The maximum absolute atomic E-state index is 12.8. The molecule has 1 aromatic heterocycles. The minimum Gasteiger partial charge on any atom is -0.497 e. The quantitative estimate of drug-likeness (QED) is 0.574. The number of amides is 1. The van der Waals surface area contributed by atoms with Gasteiger partial charge in [-0.15, -0.1) is 0 Å². The Morgan fingerprint density at radius 1 is 1.00 bits per heavy atom. The fraction of sp³-hybridized carbons (Fsp3) is 0.130. The Labute approximate surface area is 174 Å². The number of hydrogen-bond acceptors (Lipinski definition) is 4. The van der Waals surface area contributed by atoms with Gasteiger partial charge in [0.15, 0.2) is 5.17 Å². The largest absolute Gasteiger partial charge is 0.497 e. The van der Waals surface area contributed by atoms with Crippen LogP contribution in [-0.2, 0) is 4.79 Å². The summed E-state index contributed by atoms with van der Waals surface area (Å²) in [5, 5.41) is 0.673. The van der Waals surface area contributed by atoms with Gasteiger partial charge >= 0.3 is 0 Å². The van der Waals surface area contributed by atoms with Crippen molar-refractivity contribution in [3.8, 4) is 11.4 Å². The molecule has 2 aromatic carbocycles. The number of para-hydroxylation sites is 1. The van der Waals surface area contributed by atoms with Gasteiger partial charge in [0.1, 0.15) is 5.75 Å². The molecular weight excluding hydrogens is 382 g/mol. The van der Waals surface area contributed by atoms with Crippen LogP contribution < -0.4 is 4.74 Å². The van der Waals surface area contributed by atoms with Gasteiger partial charge in [0.05, 0.1) is 17.7 Å². The number of aryl methyl sites for hydroxylation is 1. The maximum atomic E-state index is 12.8. The molecule has 4 rings (SSSR count). The first-order chi connectivity index (χ1) is 14.1. The Hall–Kier alpha value is -3.25. The lowest BCUT2D eigenvalue weighted by Crippen LogP contribution is -2.23. The van der Waals surface area contributed by atoms with Gasteiger partial charge in [0.2, 0.25) is 0 Å². The van der Waals surface area contributed by atoms with Gasteiger partial charge < -0.3 is 9.30 Å². The number of aromatic nitrogens is 1. The molecule has 1 amide bonds. The fourth-order valence-electron chi connectivity index (χ4n) is 3.15. The van der Waals surface area contributed by atoms with Crippen molar-refractivity contribution < 1.29 is 9.53 Å². The minimum atomic E-state index is -0.0511. The van der Waals surface area contributed by atoms with Crippen molar-refractivity contribution in [2.24, 2.45) is 4.99 Å². The average Bonchev–Trinajstić information content (AvgIpc) is 3.23. The summed E-state index contributed by atoms with van der Waals surface area (Å²) in [6.07, 6.45) is 1.92. The Morgan fingerprint density at radius 3 is 2.41 bits per heavy atom. The number of aliphatic imine (C=N–C) groups is 1. The number of amidine groups is 1. The van der Waals surface area contributed by atoms with E-state index >= 15 is 0 Å². The first-order valence-electron chi connectivity index (χ1n) is 9.21. The lowest BCUT2D eigenvalue weighted by Gasteiger charge is -2.11. The zero-order valence-corrected chi connectivity index (χ0v) is 17.3. The van der Waals surface area contributed by atoms with E-state index in [2.05, 4.69) is 9.56 Å². The number of thioether (sulfide) groups is 1. The molecule has 0 radical (unpaired) electrons. The second kappa shape index (κ2) is 8.01. The highest BCUT2D eigenvalue weighted by Crippen LogP contribution is 2.34. The Balaban J connectivity index is 1.68. The molecule has 6 heteroatoms. The highest BCUT2D eigenvalue weighted by Gasteiger charge is 2.30. The van der Waals surface area contributed by atoms with Crippen molar-refractivity contribution >= 4 is 34.6 Å². The molecule has 1 aliphatic rings. The summed E-state index contributed by atoms with van der Waals surface area (Å²) >= 11 is 1.39. The molecule has 0 bridgehead atoms. The molecule has 1 fully saturated rings. The highest BCUT2D eigenvalue weighted by atomic mass is 32.2. The molecule has 3 aromatic rings. The summed E-state index contributed by atoms with van der Waals surface area (Å²) < 4.78 is 7.37. The zero-order valence-electron chi connectivity index (χ0n) is 16.5. The summed E-state index contributed by atoms with van der Waals surface area (Å²) in [7, 11) is 3.41. The summed E-state index contributed by atoms with van der Waals surface area (Å²) in [6, 6.07) is 21.6. The van der Waals surface area contributed by atoms with Crippen LogP contribution in [0.5, 0.6) is 5.75 Å². The van der Waals surface area contributed by atoms with Crippen LogP contribution in [0.4, 0.5) is 5.69 Å². The van der Waals surface area contributed by atoms with Gasteiger partial charge in [0, 0.05) is 24.1 Å². The number of ether oxygens (including phenoxy) is 1. The lowest BCUT2D eigenvalue weighted by molar-refractivity contribution is -0.121. The maximum Gasteiger partial charge on any atom is 0.266 e. The first-order valence-corrected chi connectivity index (χ1v) is 10.0. The van der Waals surface area contributed by atoms with E-state index in [-0.39, 0.29) is 5.91 Å². The normalized spacial score (nSPS) is 16.8. The third-order valence-electron chi connectivity index (χ3n) is 4.70. The predicted octanol–water partition coefficient (Wildman–Crippen LogP) is 5.03. The zero-order chi connectivity index (χ0) is 20.4.